The first-order valence-corrected chi connectivity index (χ1v) is 10.6. The molecular formula is C21H30O11S. The summed E-state index contributed by atoms with van der Waals surface area (Å²) in [6, 6.07) is 1.64. The molecule has 33 heavy (non-hydrogen) atoms. The van der Waals surface area contributed by atoms with Gasteiger partial charge in [0.15, 0.2) is 24.1 Å². The Balaban J connectivity index is 0.00000154. The molecule has 1 aromatic heterocycles. The van der Waals surface area contributed by atoms with Crippen LogP contribution in [0, 0.1) is 0 Å². The van der Waals surface area contributed by atoms with Crippen LogP contribution in [0.4, 0.5) is 0 Å². The minimum absolute atomic E-state index is 0.0514. The first kappa shape index (κ1) is 30.3. The molecule has 2 rings (SSSR count). The van der Waals surface area contributed by atoms with Gasteiger partial charge in [-0.3, -0.25) is 14.4 Å². The molecule has 11 nitrogen and oxygen atoms in total. The molecule has 0 aromatic carbocycles. The summed E-state index contributed by atoms with van der Waals surface area (Å²) in [7, 11) is 2.84. The zero-order valence-electron chi connectivity index (χ0n) is 19.4. The second-order valence-electron chi connectivity index (χ2n) is 6.23. The van der Waals surface area contributed by atoms with Gasteiger partial charge in [0, 0.05) is 28.1 Å². The average molecular weight is 491 g/mol. The molecule has 1 aliphatic rings. The third kappa shape index (κ3) is 9.78. The minimum Gasteiger partial charge on any atom is -0.460 e. The molecule has 5 atom stereocenters. The summed E-state index contributed by atoms with van der Waals surface area (Å²) in [5.74, 6) is -0.415. The van der Waals surface area contributed by atoms with Crippen molar-refractivity contribution in [1.29, 1.82) is 0 Å². The van der Waals surface area contributed by atoms with E-state index in [0.29, 0.717) is 10.6 Å². The molecule has 1 saturated heterocycles. The summed E-state index contributed by atoms with van der Waals surface area (Å²) in [5, 5.41) is 1.71. The fourth-order valence-electron chi connectivity index (χ4n) is 2.85. The zero-order chi connectivity index (χ0) is 25.4. The molecule has 0 radical (unpaired) electrons. The van der Waals surface area contributed by atoms with Gasteiger partial charge in [-0.25, -0.2) is 0 Å². The first-order valence-electron chi connectivity index (χ1n) is 9.74. The van der Waals surface area contributed by atoms with Crippen molar-refractivity contribution in [3.8, 4) is 5.75 Å². The predicted molar refractivity (Wildman–Crippen MR) is 116 cm³/mol. The fourth-order valence-corrected chi connectivity index (χ4v) is 3.57. The lowest BCUT2D eigenvalue weighted by molar-refractivity contribution is -0.288. The van der Waals surface area contributed by atoms with Crippen molar-refractivity contribution in [3.05, 3.63) is 16.3 Å². The largest absolute Gasteiger partial charge is 0.460 e. The normalized spacial score (nSPS) is 23.4. The first-order chi connectivity index (χ1) is 15.7. The molecular weight excluding hydrogens is 460 g/mol. The van der Waals surface area contributed by atoms with Gasteiger partial charge in [-0.05, 0) is 25.3 Å². The summed E-state index contributed by atoms with van der Waals surface area (Å²) in [5.41, 5.74) is 0. The Morgan fingerprint density at radius 2 is 1.67 bits per heavy atom. The van der Waals surface area contributed by atoms with Crippen LogP contribution in [0.1, 0.15) is 37.4 Å². The van der Waals surface area contributed by atoms with Crippen molar-refractivity contribution in [2.45, 2.75) is 58.4 Å². The van der Waals surface area contributed by atoms with Gasteiger partial charge in [0.1, 0.15) is 29.3 Å². The van der Waals surface area contributed by atoms with E-state index >= 15 is 0 Å². The molecule has 2 heterocycles. The van der Waals surface area contributed by atoms with Crippen LogP contribution >= 0.6 is 11.3 Å². The van der Waals surface area contributed by atoms with Crippen LogP contribution in [0.2, 0.25) is 0 Å². The Hall–Kier alpha value is -2.67. The van der Waals surface area contributed by atoms with E-state index in [-0.39, 0.29) is 18.9 Å². The van der Waals surface area contributed by atoms with E-state index in [1.807, 2.05) is 0 Å². The lowest BCUT2D eigenvalue weighted by atomic mass is 9.98. The highest BCUT2D eigenvalue weighted by atomic mass is 32.1. The second kappa shape index (κ2) is 16.9. The van der Waals surface area contributed by atoms with E-state index in [1.165, 1.54) is 53.3 Å². The van der Waals surface area contributed by atoms with Crippen LogP contribution in [-0.2, 0) is 42.9 Å². The molecule has 0 amide bonds. The van der Waals surface area contributed by atoms with Crippen molar-refractivity contribution < 1.29 is 52.4 Å². The highest BCUT2D eigenvalue weighted by molar-refractivity contribution is 7.12. The highest BCUT2D eigenvalue weighted by Gasteiger charge is 2.51. The van der Waals surface area contributed by atoms with E-state index in [2.05, 4.69) is 0 Å². The third-order valence-corrected chi connectivity index (χ3v) is 4.90. The lowest BCUT2D eigenvalue weighted by Gasteiger charge is -2.43. The number of thiophene rings is 1. The van der Waals surface area contributed by atoms with E-state index in [0.717, 1.165) is 12.6 Å². The lowest BCUT2D eigenvalue weighted by Crippen LogP contribution is -2.62. The molecule has 1 aliphatic heterocycles. The number of aldehydes is 2. The number of Topliss-reactive ketones (excluding diaryl/α,β-unsaturated/α-hetero) is 1. The number of hydrogen-bond acceptors (Lipinski definition) is 12. The van der Waals surface area contributed by atoms with Crippen molar-refractivity contribution in [2.75, 3.05) is 20.8 Å². The van der Waals surface area contributed by atoms with Gasteiger partial charge in [0.2, 0.25) is 6.29 Å². The minimum atomic E-state index is -1.03. The average Bonchev–Trinajstić information content (AvgIpc) is 3.20. The second-order valence-corrected chi connectivity index (χ2v) is 7.15. The monoisotopic (exact) mass is 490 g/mol. The maximum atomic E-state index is 11.7. The van der Waals surface area contributed by atoms with Crippen molar-refractivity contribution in [3.63, 3.8) is 0 Å². The Morgan fingerprint density at radius 1 is 1.06 bits per heavy atom. The van der Waals surface area contributed by atoms with Gasteiger partial charge in [0.25, 0.3) is 6.47 Å². The van der Waals surface area contributed by atoms with E-state index < -0.39 is 36.7 Å². The summed E-state index contributed by atoms with van der Waals surface area (Å²) in [6.45, 7) is 5.84. The Labute approximate surface area is 196 Å². The maximum absolute atomic E-state index is 11.7. The molecule has 0 aliphatic carbocycles. The molecule has 0 N–H and O–H groups in total. The number of carbonyl (C=O) groups is 5. The smallest absolute Gasteiger partial charge is 0.303 e. The van der Waals surface area contributed by atoms with Gasteiger partial charge >= 0.3 is 5.97 Å². The summed E-state index contributed by atoms with van der Waals surface area (Å²) >= 11 is 1.23. The molecule has 1 aromatic rings. The van der Waals surface area contributed by atoms with Crippen LogP contribution in [0.3, 0.4) is 0 Å². The van der Waals surface area contributed by atoms with Gasteiger partial charge < -0.3 is 38.0 Å². The summed E-state index contributed by atoms with van der Waals surface area (Å²) < 4.78 is 32.7. The molecule has 5 unspecified atom stereocenters. The fraction of sp³-hybridized carbons (Fsp3) is 0.571. The highest BCUT2D eigenvalue weighted by Crippen LogP contribution is 2.32. The number of ether oxygens (including phenoxy) is 6. The molecule has 0 saturated carbocycles. The number of esters is 1. The third-order valence-electron chi connectivity index (χ3n) is 3.90. The van der Waals surface area contributed by atoms with Crippen LogP contribution in [0.15, 0.2) is 11.4 Å². The van der Waals surface area contributed by atoms with Crippen LogP contribution < -0.4 is 4.74 Å². The van der Waals surface area contributed by atoms with Crippen molar-refractivity contribution in [2.24, 2.45) is 0 Å². The van der Waals surface area contributed by atoms with Crippen LogP contribution in [0.25, 0.3) is 0 Å². The number of rotatable bonds is 9. The van der Waals surface area contributed by atoms with Crippen molar-refractivity contribution >= 4 is 42.1 Å². The number of carbonyl (C=O) groups excluding carboxylic acids is 5. The van der Waals surface area contributed by atoms with Gasteiger partial charge in [0.05, 0.1) is 6.61 Å². The predicted octanol–water partition coefficient (Wildman–Crippen LogP) is 1.60. The Morgan fingerprint density at radius 3 is 2.12 bits per heavy atom. The van der Waals surface area contributed by atoms with Gasteiger partial charge in [-0.15, -0.1) is 11.3 Å². The number of methoxy groups -OCH3 is 2. The molecule has 0 spiro atoms. The number of hydrogen-bond donors (Lipinski definition) is 0. The van der Waals surface area contributed by atoms with E-state index in [4.69, 9.17) is 38.0 Å². The summed E-state index contributed by atoms with van der Waals surface area (Å²) in [4.78, 5) is 52.3. The van der Waals surface area contributed by atoms with Gasteiger partial charge in [-0.2, -0.15) is 0 Å². The van der Waals surface area contributed by atoms with E-state index in [1.54, 1.807) is 11.4 Å². The standard InChI is InChI=1S/C17H22O9S.2C2H4O/c1-9(19)16-11(5-6-27-16)25-17-15(22-4)14(24-10(2)20)13(23-8-18)12(26-17)7-21-3;2*1-2-3/h5-6,8,12-15,17H,7H2,1-4H3;2*2H,1H3. The SMILES string of the molecule is CC=O.CC=O.COCC1OC(Oc2ccsc2C(C)=O)C(OC)C(OC(C)=O)C1OC=O. The van der Waals surface area contributed by atoms with Gasteiger partial charge in [-0.1, -0.05) is 0 Å². The van der Waals surface area contributed by atoms with Crippen LogP contribution in [0.5, 0.6) is 5.75 Å². The molecule has 186 valence electrons. The molecule has 12 heteroatoms. The van der Waals surface area contributed by atoms with Crippen LogP contribution in [-0.4, -0.2) is 82.3 Å². The van der Waals surface area contributed by atoms with Crippen molar-refractivity contribution in [1.82, 2.24) is 0 Å². The summed E-state index contributed by atoms with van der Waals surface area (Å²) in [6.07, 6.45) is -3.16. The molecule has 1 fully saturated rings. The molecule has 0 bridgehead atoms. The number of ketones is 1. The Kier molecular flexibility index (Phi) is 15.5. The maximum Gasteiger partial charge on any atom is 0.303 e. The van der Waals surface area contributed by atoms with E-state index in [9.17, 15) is 14.4 Å². The zero-order valence-corrected chi connectivity index (χ0v) is 20.2. The Bertz CT molecular complexity index is 742. The topological polar surface area (TPSA) is 141 Å². The quantitative estimate of drug-likeness (QED) is 0.283.